The molecule has 8 nitrogen and oxygen atoms in total. The SMILES string of the molecule is C=CC(=O)N1CCN(c2nc(=O)n(-c3c(C)cc(N(C)C)cc3CCC)c3nc(-c4ccccc4F)c(Cl)cc23)[C@@H](C)C1. The maximum absolute atomic E-state index is 15.0. The molecule has 2 aromatic carbocycles. The van der Waals surface area contributed by atoms with Gasteiger partial charge in [0.15, 0.2) is 5.65 Å². The van der Waals surface area contributed by atoms with Crippen LogP contribution in [0.2, 0.25) is 5.02 Å². The van der Waals surface area contributed by atoms with Gasteiger partial charge in [-0.25, -0.2) is 18.7 Å². The molecular formula is C33H36ClFN6O2. The van der Waals surface area contributed by atoms with Crippen molar-refractivity contribution in [2.45, 2.75) is 39.7 Å². The summed E-state index contributed by atoms with van der Waals surface area (Å²) >= 11 is 6.81. The second-order valence-corrected chi connectivity index (χ2v) is 11.6. The first kappa shape index (κ1) is 30.2. The topological polar surface area (TPSA) is 74.6 Å². The molecule has 3 heterocycles. The molecule has 0 N–H and O–H groups in total. The zero-order valence-electron chi connectivity index (χ0n) is 25.2. The molecular weight excluding hydrogens is 567 g/mol. The van der Waals surface area contributed by atoms with Crippen molar-refractivity contribution in [1.29, 1.82) is 0 Å². The molecule has 1 saturated heterocycles. The van der Waals surface area contributed by atoms with E-state index in [0.29, 0.717) is 42.2 Å². The minimum Gasteiger partial charge on any atom is -0.378 e. The Hall–Kier alpha value is -4.24. The normalized spacial score (nSPS) is 15.2. The van der Waals surface area contributed by atoms with Crippen LogP contribution in [-0.4, -0.2) is 65.1 Å². The molecule has 1 aliphatic rings. The van der Waals surface area contributed by atoms with Crippen molar-refractivity contribution in [3.05, 3.63) is 87.6 Å². The number of benzene rings is 2. The number of pyridine rings is 1. The summed E-state index contributed by atoms with van der Waals surface area (Å²) in [6.07, 6.45) is 2.91. The Balaban J connectivity index is 1.82. The average molecular weight is 603 g/mol. The van der Waals surface area contributed by atoms with Crippen molar-refractivity contribution in [1.82, 2.24) is 19.4 Å². The Labute approximate surface area is 256 Å². The van der Waals surface area contributed by atoms with Gasteiger partial charge in [0, 0.05) is 51.0 Å². The molecule has 1 aliphatic heterocycles. The Bertz CT molecular complexity index is 1790. The van der Waals surface area contributed by atoms with E-state index >= 15 is 4.39 Å². The third kappa shape index (κ3) is 5.61. The molecule has 0 aliphatic carbocycles. The summed E-state index contributed by atoms with van der Waals surface area (Å²) in [5.74, 6) is -0.170. The van der Waals surface area contributed by atoms with Gasteiger partial charge in [-0.05, 0) is 67.8 Å². The Kier molecular flexibility index (Phi) is 8.55. The van der Waals surface area contributed by atoms with Gasteiger partial charge in [-0.15, -0.1) is 0 Å². The van der Waals surface area contributed by atoms with Gasteiger partial charge in [0.1, 0.15) is 11.6 Å². The number of amides is 1. The first-order valence-corrected chi connectivity index (χ1v) is 14.8. The highest BCUT2D eigenvalue weighted by Crippen LogP contribution is 2.36. The minimum atomic E-state index is -0.494. The molecule has 2 aromatic heterocycles. The van der Waals surface area contributed by atoms with Crippen molar-refractivity contribution in [3.8, 4) is 16.9 Å². The fraction of sp³-hybridized carbons (Fsp3) is 0.333. The van der Waals surface area contributed by atoms with Crippen LogP contribution in [-0.2, 0) is 11.2 Å². The van der Waals surface area contributed by atoms with Crippen LogP contribution in [0.1, 0.15) is 31.4 Å². The maximum Gasteiger partial charge on any atom is 0.355 e. The molecule has 0 radical (unpaired) electrons. The second-order valence-electron chi connectivity index (χ2n) is 11.2. The molecule has 10 heteroatoms. The third-order valence-electron chi connectivity index (χ3n) is 7.94. The lowest BCUT2D eigenvalue weighted by molar-refractivity contribution is -0.126. The number of anilines is 2. The largest absolute Gasteiger partial charge is 0.378 e. The second kappa shape index (κ2) is 12.2. The van der Waals surface area contributed by atoms with Crippen LogP contribution >= 0.6 is 11.6 Å². The summed E-state index contributed by atoms with van der Waals surface area (Å²) in [7, 11) is 3.96. The minimum absolute atomic E-state index is 0.140. The molecule has 0 spiro atoms. The van der Waals surface area contributed by atoms with E-state index in [0.717, 1.165) is 29.7 Å². The Morgan fingerprint density at radius 2 is 1.93 bits per heavy atom. The highest BCUT2D eigenvalue weighted by Gasteiger charge is 2.30. The summed E-state index contributed by atoms with van der Waals surface area (Å²) in [5, 5.41) is 0.811. The van der Waals surface area contributed by atoms with Crippen LogP contribution in [0.5, 0.6) is 0 Å². The number of nitrogens with zero attached hydrogens (tertiary/aromatic N) is 6. The molecule has 0 saturated carbocycles. The Morgan fingerprint density at radius 3 is 2.58 bits per heavy atom. The zero-order valence-corrected chi connectivity index (χ0v) is 26.0. The number of hydrogen-bond acceptors (Lipinski definition) is 6. The standard InChI is InChI=1S/C33H36ClFN6O2/c1-7-11-22-17-23(38(5)6)16-20(3)30(22)41-32-25(18-26(34)29(36-32)24-12-9-10-13-27(24)35)31(37-33(41)43)40-15-14-39(19-21(40)4)28(42)8-2/h8-10,12-13,16-18,21H,2,7,11,14-15,19H2,1,3-6H3/t21-/m0/s1. The summed E-state index contributed by atoms with van der Waals surface area (Å²) in [6.45, 7) is 11.0. The molecule has 4 aromatic rings. The van der Waals surface area contributed by atoms with Gasteiger partial charge in [0.2, 0.25) is 5.91 Å². The number of carbonyl (C=O) groups excluding carboxylic acids is 1. The highest BCUT2D eigenvalue weighted by atomic mass is 35.5. The quantitative estimate of drug-likeness (QED) is 0.249. The fourth-order valence-electron chi connectivity index (χ4n) is 5.84. The molecule has 5 rings (SSSR count). The summed E-state index contributed by atoms with van der Waals surface area (Å²) in [4.78, 5) is 41.8. The van der Waals surface area contributed by atoms with E-state index in [4.69, 9.17) is 16.6 Å². The van der Waals surface area contributed by atoms with Crippen LogP contribution in [0.4, 0.5) is 15.9 Å². The smallest absolute Gasteiger partial charge is 0.355 e. The van der Waals surface area contributed by atoms with Crippen molar-refractivity contribution < 1.29 is 9.18 Å². The average Bonchev–Trinajstić information content (AvgIpc) is 2.97. The van der Waals surface area contributed by atoms with Crippen LogP contribution < -0.4 is 15.5 Å². The van der Waals surface area contributed by atoms with Crippen LogP contribution in [0, 0.1) is 12.7 Å². The van der Waals surface area contributed by atoms with Gasteiger partial charge < -0.3 is 14.7 Å². The lowest BCUT2D eigenvalue weighted by atomic mass is 10.0. The van der Waals surface area contributed by atoms with Gasteiger partial charge in [0.05, 0.1) is 21.8 Å². The number of hydrogen-bond donors (Lipinski definition) is 0. The molecule has 1 amide bonds. The number of rotatable bonds is 7. The molecule has 1 atom stereocenters. The highest BCUT2D eigenvalue weighted by molar-refractivity contribution is 6.33. The van der Waals surface area contributed by atoms with E-state index in [1.54, 1.807) is 33.7 Å². The van der Waals surface area contributed by atoms with Gasteiger partial charge in [-0.3, -0.25) is 4.79 Å². The molecule has 224 valence electrons. The monoisotopic (exact) mass is 602 g/mol. The van der Waals surface area contributed by atoms with Crippen molar-refractivity contribution >= 4 is 40.0 Å². The molecule has 1 fully saturated rings. The number of halogens is 2. The van der Waals surface area contributed by atoms with Crippen LogP contribution in [0.3, 0.4) is 0 Å². The molecule has 0 unspecified atom stereocenters. The summed E-state index contributed by atoms with van der Waals surface area (Å²) in [6, 6.07) is 12.0. The summed E-state index contributed by atoms with van der Waals surface area (Å²) < 4.78 is 16.6. The van der Waals surface area contributed by atoms with E-state index in [1.165, 1.54) is 12.1 Å². The van der Waals surface area contributed by atoms with Crippen LogP contribution in [0.15, 0.2) is 59.9 Å². The predicted molar refractivity (Wildman–Crippen MR) is 172 cm³/mol. The van der Waals surface area contributed by atoms with Gasteiger partial charge >= 0.3 is 5.69 Å². The molecule has 0 bridgehead atoms. The van der Waals surface area contributed by atoms with Crippen molar-refractivity contribution in [2.24, 2.45) is 0 Å². The molecule has 43 heavy (non-hydrogen) atoms. The van der Waals surface area contributed by atoms with Gasteiger partial charge in [0.25, 0.3) is 0 Å². The Morgan fingerprint density at radius 1 is 1.19 bits per heavy atom. The zero-order chi connectivity index (χ0) is 31.0. The van der Waals surface area contributed by atoms with Crippen molar-refractivity contribution in [3.63, 3.8) is 0 Å². The van der Waals surface area contributed by atoms with E-state index in [2.05, 4.69) is 24.6 Å². The number of fused-ring (bicyclic) bond motifs is 1. The van der Waals surface area contributed by atoms with Crippen LogP contribution in [0.25, 0.3) is 28.0 Å². The van der Waals surface area contributed by atoms with E-state index in [1.807, 2.05) is 43.8 Å². The number of carbonyl (C=O) groups is 1. The number of aryl methyl sites for hydroxylation is 2. The lowest BCUT2D eigenvalue weighted by Gasteiger charge is -2.40. The van der Waals surface area contributed by atoms with Gasteiger partial charge in [-0.2, -0.15) is 4.98 Å². The fourth-order valence-corrected chi connectivity index (χ4v) is 6.09. The maximum atomic E-state index is 15.0. The number of piperazine rings is 1. The van der Waals surface area contributed by atoms with Gasteiger partial charge in [-0.1, -0.05) is 43.7 Å². The van der Waals surface area contributed by atoms with E-state index < -0.39 is 11.5 Å². The van der Waals surface area contributed by atoms with E-state index in [9.17, 15) is 9.59 Å². The lowest BCUT2D eigenvalue weighted by Crippen LogP contribution is -2.54. The first-order chi connectivity index (χ1) is 20.5. The third-order valence-corrected chi connectivity index (χ3v) is 8.23. The van der Waals surface area contributed by atoms with E-state index in [-0.39, 0.29) is 28.2 Å². The summed E-state index contributed by atoms with van der Waals surface area (Å²) in [5.41, 5.74) is 3.94. The number of aromatic nitrogens is 3. The predicted octanol–water partition coefficient (Wildman–Crippen LogP) is 5.79. The van der Waals surface area contributed by atoms with Crippen molar-refractivity contribution in [2.75, 3.05) is 43.5 Å². The first-order valence-electron chi connectivity index (χ1n) is 14.4.